The van der Waals surface area contributed by atoms with Gasteiger partial charge in [-0.2, -0.15) is 10.2 Å². The minimum atomic E-state index is -0.931. The molecule has 1 atom stereocenters. The zero-order chi connectivity index (χ0) is 16.0. The molecule has 122 valence electrons. The van der Waals surface area contributed by atoms with Crippen LogP contribution in [0.2, 0.25) is 0 Å². The van der Waals surface area contributed by atoms with Crippen molar-refractivity contribution in [2.75, 3.05) is 13.2 Å². The minimum absolute atomic E-state index is 0.139. The summed E-state index contributed by atoms with van der Waals surface area (Å²) in [7, 11) is 0. The number of nitrogens with one attached hydrogen (secondary N) is 1. The Morgan fingerprint density at radius 1 is 1.39 bits per heavy atom. The number of H-pyrrole nitrogens is 1. The maximum Gasteiger partial charge on any atom is 0.325 e. The fraction of sp³-hybridized carbons (Fsp3) is 0.600. The van der Waals surface area contributed by atoms with E-state index in [4.69, 9.17) is 4.74 Å². The number of aliphatic carboxylic acids is 1. The Hall–Kier alpha value is -2.22. The molecule has 2 N–H and O–H groups in total. The molecule has 2 aromatic heterocycles. The van der Waals surface area contributed by atoms with Crippen LogP contribution >= 0.6 is 0 Å². The van der Waals surface area contributed by atoms with Gasteiger partial charge in [-0.05, 0) is 26.2 Å². The van der Waals surface area contributed by atoms with Crippen LogP contribution in [0.1, 0.15) is 48.3 Å². The molecular weight excluding hydrogens is 298 g/mol. The van der Waals surface area contributed by atoms with Crippen molar-refractivity contribution in [3.05, 3.63) is 17.2 Å². The summed E-state index contributed by atoms with van der Waals surface area (Å²) in [4.78, 5) is 15.9. The predicted octanol–water partition coefficient (Wildman–Crippen LogP) is 1.44. The first-order chi connectivity index (χ1) is 11.1. The quantitative estimate of drug-likeness (QED) is 0.864. The second-order valence-electron chi connectivity index (χ2n) is 6.29. The molecule has 2 aromatic rings. The van der Waals surface area contributed by atoms with Crippen molar-refractivity contribution < 1.29 is 14.6 Å². The number of carbonyl (C=O) groups is 1. The SMILES string of the molecule is Cc1[nH]nc(C2CC2)c1-c1nc(C2CCOC2)nn1CC(=O)O. The number of carboxylic acid groups (broad SMARTS) is 1. The Kier molecular flexibility index (Phi) is 3.41. The molecule has 1 saturated carbocycles. The van der Waals surface area contributed by atoms with Crippen LogP contribution in [-0.4, -0.2) is 49.3 Å². The first kappa shape index (κ1) is 14.4. The highest BCUT2D eigenvalue weighted by Gasteiger charge is 2.33. The van der Waals surface area contributed by atoms with E-state index in [2.05, 4.69) is 20.3 Å². The number of carboxylic acids is 1. The summed E-state index contributed by atoms with van der Waals surface area (Å²) >= 11 is 0. The number of rotatable bonds is 5. The largest absolute Gasteiger partial charge is 0.480 e. The Morgan fingerprint density at radius 2 is 2.22 bits per heavy atom. The Morgan fingerprint density at radius 3 is 2.87 bits per heavy atom. The van der Waals surface area contributed by atoms with Gasteiger partial charge in [0, 0.05) is 24.1 Å². The summed E-state index contributed by atoms with van der Waals surface area (Å²) in [6.07, 6.45) is 3.11. The molecule has 1 aliphatic carbocycles. The number of aryl methyl sites for hydroxylation is 1. The molecule has 1 aliphatic heterocycles. The van der Waals surface area contributed by atoms with Gasteiger partial charge in [-0.3, -0.25) is 9.89 Å². The van der Waals surface area contributed by atoms with Crippen molar-refractivity contribution >= 4 is 5.97 Å². The number of hydrogen-bond donors (Lipinski definition) is 2. The van der Waals surface area contributed by atoms with Gasteiger partial charge in [0.2, 0.25) is 0 Å². The van der Waals surface area contributed by atoms with E-state index < -0.39 is 5.97 Å². The zero-order valence-corrected chi connectivity index (χ0v) is 12.9. The van der Waals surface area contributed by atoms with Gasteiger partial charge in [0.15, 0.2) is 11.6 Å². The van der Waals surface area contributed by atoms with Crippen LogP contribution in [0, 0.1) is 6.92 Å². The second-order valence-corrected chi connectivity index (χ2v) is 6.29. The molecule has 8 nitrogen and oxygen atoms in total. The maximum absolute atomic E-state index is 11.2. The molecule has 0 radical (unpaired) electrons. The van der Waals surface area contributed by atoms with E-state index in [0.29, 0.717) is 30.8 Å². The van der Waals surface area contributed by atoms with Gasteiger partial charge in [-0.1, -0.05) is 0 Å². The van der Waals surface area contributed by atoms with Crippen molar-refractivity contribution in [3.8, 4) is 11.4 Å². The number of ether oxygens (including phenoxy) is 1. The van der Waals surface area contributed by atoms with Crippen molar-refractivity contribution in [1.29, 1.82) is 0 Å². The van der Waals surface area contributed by atoms with Gasteiger partial charge in [0.05, 0.1) is 17.9 Å². The smallest absolute Gasteiger partial charge is 0.325 e. The topological polar surface area (TPSA) is 106 Å². The minimum Gasteiger partial charge on any atom is -0.480 e. The third-order valence-corrected chi connectivity index (χ3v) is 4.43. The standard InChI is InChI=1S/C15H19N5O3/c1-8-12(13(18-17-8)9-2-3-9)15-16-14(10-4-5-23-7-10)19-20(15)6-11(21)22/h9-10H,2-7H2,1H3,(H,17,18)(H,21,22). The van der Waals surface area contributed by atoms with E-state index in [0.717, 1.165) is 36.2 Å². The van der Waals surface area contributed by atoms with Gasteiger partial charge in [0.1, 0.15) is 6.54 Å². The highest BCUT2D eigenvalue weighted by atomic mass is 16.5. The molecule has 1 unspecified atom stereocenters. The summed E-state index contributed by atoms with van der Waals surface area (Å²) in [6.45, 7) is 3.03. The highest BCUT2D eigenvalue weighted by molar-refractivity contribution is 5.69. The molecular formula is C15H19N5O3. The van der Waals surface area contributed by atoms with Crippen LogP contribution in [0.5, 0.6) is 0 Å². The van der Waals surface area contributed by atoms with Crippen LogP contribution in [-0.2, 0) is 16.1 Å². The predicted molar refractivity (Wildman–Crippen MR) is 80.1 cm³/mol. The van der Waals surface area contributed by atoms with E-state index in [9.17, 15) is 9.90 Å². The van der Waals surface area contributed by atoms with Crippen molar-refractivity contribution in [3.63, 3.8) is 0 Å². The summed E-state index contributed by atoms with van der Waals surface area (Å²) in [5, 5.41) is 21.1. The van der Waals surface area contributed by atoms with Crippen LogP contribution in [0.4, 0.5) is 0 Å². The molecule has 4 rings (SSSR count). The van der Waals surface area contributed by atoms with E-state index in [-0.39, 0.29) is 12.5 Å². The lowest BCUT2D eigenvalue weighted by Gasteiger charge is -2.04. The van der Waals surface area contributed by atoms with Gasteiger partial charge >= 0.3 is 5.97 Å². The Bertz CT molecular complexity index is 740. The fourth-order valence-electron chi connectivity index (χ4n) is 3.08. The first-order valence-corrected chi connectivity index (χ1v) is 7.93. The Balaban J connectivity index is 1.79. The number of nitrogens with zero attached hydrogens (tertiary/aromatic N) is 4. The van der Waals surface area contributed by atoms with E-state index in [1.807, 2.05) is 6.92 Å². The molecule has 2 aliphatic rings. The lowest BCUT2D eigenvalue weighted by Crippen LogP contribution is -2.12. The number of aromatic amines is 1. The normalized spacial score (nSPS) is 21.0. The molecule has 1 saturated heterocycles. The van der Waals surface area contributed by atoms with Crippen LogP contribution < -0.4 is 0 Å². The summed E-state index contributed by atoms with van der Waals surface area (Å²) in [6, 6.07) is 0. The molecule has 23 heavy (non-hydrogen) atoms. The van der Waals surface area contributed by atoms with E-state index >= 15 is 0 Å². The second kappa shape index (κ2) is 5.45. The third kappa shape index (κ3) is 2.63. The van der Waals surface area contributed by atoms with Crippen LogP contribution in [0.3, 0.4) is 0 Å². The molecule has 8 heteroatoms. The molecule has 0 spiro atoms. The maximum atomic E-state index is 11.2. The van der Waals surface area contributed by atoms with Crippen LogP contribution in [0.15, 0.2) is 0 Å². The highest BCUT2D eigenvalue weighted by Crippen LogP contribution is 2.44. The average Bonchev–Trinajstić information content (AvgIpc) is 2.92. The molecule has 0 bridgehead atoms. The van der Waals surface area contributed by atoms with Crippen LogP contribution in [0.25, 0.3) is 11.4 Å². The Labute approximate surface area is 132 Å². The van der Waals surface area contributed by atoms with Crippen molar-refractivity contribution in [1.82, 2.24) is 25.0 Å². The number of hydrogen-bond acceptors (Lipinski definition) is 5. The zero-order valence-electron chi connectivity index (χ0n) is 12.9. The first-order valence-electron chi connectivity index (χ1n) is 7.93. The van der Waals surface area contributed by atoms with Gasteiger partial charge < -0.3 is 9.84 Å². The summed E-state index contributed by atoms with van der Waals surface area (Å²) in [5.41, 5.74) is 2.79. The fourth-order valence-corrected chi connectivity index (χ4v) is 3.08. The average molecular weight is 317 g/mol. The van der Waals surface area contributed by atoms with E-state index in [1.54, 1.807) is 0 Å². The number of aromatic nitrogens is 5. The lowest BCUT2D eigenvalue weighted by molar-refractivity contribution is -0.137. The van der Waals surface area contributed by atoms with E-state index in [1.165, 1.54) is 4.68 Å². The third-order valence-electron chi connectivity index (χ3n) is 4.43. The monoisotopic (exact) mass is 317 g/mol. The molecule has 2 fully saturated rings. The van der Waals surface area contributed by atoms with Gasteiger partial charge in [0.25, 0.3) is 0 Å². The lowest BCUT2D eigenvalue weighted by atomic mass is 10.1. The summed E-state index contributed by atoms with van der Waals surface area (Å²) in [5.74, 6) is 0.923. The van der Waals surface area contributed by atoms with Gasteiger partial charge in [-0.25, -0.2) is 9.67 Å². The molecule has 3 heterocycles. The van der Waals surface area contributed by atoms with Gasteiger partial charge in [-0.15, -0.1) is 0 Å². The molecule has 0 amide bonds. The molecule has 0 aromatic carbocycles. The van der Waals surface area contributed by atoms with Crippen molar-refractivity contribution in [2.24, 2.45) is 0 Å². The summed E-state index contributed by atoms with van der Waals surface area (Å²) < 4.78 is 6.89. The van der Waals surface area contributed by atoms with Crippen molar-refractivity contribution in [2.45, 2.75) is 44.6 Å².